The van der Waals surface area contributed by atoms with Gasteiger partial charge in [-0.1, -0.05) is 17.7 Å². The Bertz CT molecular complexity index is 969. The molecule has 4 rings (SSSR count). The van der Waals surface area contributed by atoms with E-state index >= 15 is 0 Å². The first-order chi connectivity index (χ1) is 13.2. The number of methoxy groups -OCH3 is 1. The third-order valence-electron chi connectivity index (χ3n) is 3.88. The molecule has 0 saturated heterocycles. The number of nitrogens with one attached hydrogen (secondary N) is 2. The smallest absolute Gasteiger partial charge is 0.249 e. The summed E-state index contributed by atoms with van der Waals surface area (Å²) in [6.45, 7) is 0.805. The van der Waals surface area contributed by atoms with E-state index in [0.29, 0.717) is 34.8 Å². The van der Waals surface area contributed by atoms with E-state index in [1.54, 1.807) is 31.5 Å². The van der Waals surface area contributed by atoms with Gasteiger partial charge in [-0.25, -0.2) is 0 Å². The zero-order valence-electron chi connectivity index (χ0n) is 14.4. The topological polar surface area (TPSA) is 90.4 Å². The van der Waals surface area contributed by atoms with Crippen LogP contribution < -0.4 is 24.8 Å². The minimum atomic E-state index is 0.254. The van der Waals surface area contributed by atoms with E-state index in [1.807, 2.05) is 18.2 Å². The van der Waals surface area contributed by atoms with Crippen LogP contribution in [0.4, 0.5) is 17.5 Å². The lowest BCUT2D eigenvalue weighted by Crippen LogP contribution is -2.06. The second kappa shape index (κ2) is 7.55. The van der Waals surface area contributed by atoms with Gasteiger partial charge in [-0.15, -0.1) is 5.10 Å². The molecule has 138 valence electrons. The number of fused-ring (bicyclic) bond motifs is 1. The van der Waals surface area contributed by atoms with Gasteiger partial charge in [0, 0.05) is 11.6 Å². The van der Waals surface area contributed by atoms with Crippen LogP contribution in [0.5, 0.6) is 17.2 Å². The summed E-state index contributed by atoms with van der Waals surface area (Å²) in [6.07, 6.45) is 1.55. The van der Waals surface area contributed by atoms with Gasteiger partial charge in [0.05, 0.1) is 19.0 Å². The van der Waals surface area contributed by atoms with Crippen LogP contribution in [-0.4, -0.2) is 29.1 Å². The van der Waals surface area contributed by atoms with Gasteiger partial charge in [-0.2, -0.15) is 10.1 Å². The van der Waals surface area contributed by atoms with Crippen LogP contribution in [0.2, 0.25) is 5.02 Å². The molecular formula is C18H16ClN5O3. The number of aromatic nitrogens is 3. The molecule has 0 radical (unpaired) electrons. The van der Waals surface area contributed by atoms with Crippen molar-refractivity contribution in [3.63, 3.8) is 0 Å². The molecular weight excluding hydrogens is 370 g/mol. The molecule has 1 aliphatic rings. The third-order valence-corrected chi connectivity index (χ3v) is 4.11. The summed E-state index contributed by atoms with van der Waals surface area (Å²) < 4.78 is 16.0. The summed E-state index contributed by atoms with van der Waals surface area (Å²) in [5.74, 6) is 3.02. The fourth-order valence-corrected chi connectivity index (χ4v) is 2.76. The number of benzene rings is 2. The van der Waals surface area contributed by atoms with E-state index in [9.17, 15) is 0 Å². The maximum absolute atomic E-state index is 6.05. The molecule has 0 amide bonds. The number of halogens is 1. The molecule has 27 heavy (non-hydrogen) atoms. The number of anilines is 3. The van der Waals surface area contributed by atoms with E-state index in [-0.39, 0.29) is 6.79 Å². The Hall–Kier alpha value is -3.26. The highest BCUT2D eigenvalue weighted by Gasteiger charge is 2.13. The van der Waals surface area contributed by atoms with Crippen molar-refractivity contribution in [2.24, 2.45) is 0 Å². The van der Waals surface area contributed by atoms with Crippen LogP contribution in [0.15, 0.2) is 42.6 Å². The molecule has 2 heterocycles. The zero-order valence-corrected chi connectivity index (χ0v) is 15.2. The molecule has 0 saturated carbocycles. The Morgan fingerprint density at radius 3 is 2.93 bits per heavy atom. The van der Waals surface area contributed by atoms with Gasteiger partial charge in [0.2, 0.25) is 12.7 Å². The average Bonchev–Trinajstić information content (AvgIpc) is 3.15. The number of hydrogen-bond donors (Lipinski definition) is 2. The van der Waals surface area contributed by atoms with Crippen molar-refractivity contribution >= 4 is 29.1 Å². The van der Waals surface area contributed by atoms with Crippen LogP contribution in [0.3, 0.4) is 0 Å². The van der Waals surface area contributed by atoms with Crippen LogP contribution in [0.25, 0.3) is 0 Å². The first-order valence-corrected chi connectivity index (χ1v) is 8.52. The van der Waals surface area contributed by atoms with E-state index in [2.05, 4.69) is 25.8 Å². The Balaban J connectivity index is 1.46. The van der Waals surface area contributed by atoms with Crippen molar-refractivity contribution in [2.45, 2.75) is 6.54 Å². The second-order valence-corrected chi connectivity index (χ2v) is 6.11. The number of rotatable bonds is 6. The van der Waals surface area contributed by atoms with Crippen LogP contribution >= 0.6 is 11.6 Å². The zero-order chi connectivity index (χ0) is 18.6. The lowest BCUT2D eigenvalue weighted by atomic mass is 10.2. The Morgan fingerprint density at radius 1 is 1.15 bits per heavy atom. The predicted octanol–water partition coefficient (Wildman–Crippen LogP) is 3.62. The highest BCUT2D eigenvalue weighted by Crippen LogP contribution is 2.33. The number of nitrogens with zero attached hydrogens (tertiary/aromatic N) is 3. The number of ether oxygens (including phenoxy) is 3. The summed E-state index contributed by atoms with van der Waals surface area (Å²) in [5, 5.41) is 14.8. The predicted molar refractivity (Wildman–Crippen MR) is 101 cm³/mol. The summed E-state index contributed by atoms with van der Waals surface area (Å²) in [5.41, 5.74) is 1.68. The maximum atomic E-state index is 6.05. The van der Waals surface area contributed by atoms with E-state index in [4.69, 9.17) is 25.8 Å². The van der Waals surface area contributed by atoms with Gasteiger partial charge in [-0.3, -0.25) is 0 Å². The highest BCUT2D eigenvalue weighted by molar-refractivity contribution is 6.31. The maximum Gasteiger partial charge on any atom is 0.249 e. The Morgan fingerprint density at radius 2 is 2.04 bits per heavy atom. The second-order valence-electron chi connectivity index (χ2n) is 5.68. The van der Waals surface area contributed by atoms with Gasteiger partial charge >= 0.3 is 0 Å². The van der Waals surface area contributed by atoms with E-state index < -0.39 is 0 Å². The van der Waals surface area contributed by atoms with Crippen LogP contribution in [0, 0.1) is 0 Å². The van der Waals surface area contributed by atoms with Gasteiger partial charge < -0.3 is 24.8 Å². The first kappa shape index (κ1) is 17.2. The minimum absolute atomic E-state index is 0.254. The Kier molecular flexibility index (Phi) is 4.80. The van der Waals surface area contributed by atoms with Crippen LogP contribution in [0.1, 0.15) is 5.56 Å². The van der Waals surface area contributed by atoms with Crippen LogP contribution in [-0.2, 0) is 6.54 Å². The summed E-state index contributed by atoms with van der Waals surface area (Å²) in [4.78, 5) is 4.41. The van der Waals surface area contributed by atoms with Crippen molar-refractivity contribution < 1.29 is 14.2 Å². The molecule has 0 spiro atoms. The van der Waals surface area contributed by atoms with Gasteiger partial charge in [0.15, 0.2) is 17.3 Å². The normalized spacial score (nSPS) is 11.9. The molecule has 1 aromatic heterocycles. The molecule has 0 atom stereocenters. The molecule has 0 aliphatic carbocycles. The summed E-state index contributed by atoms with van der Waals surface area (Å²) in [7, 11) is 1.58. The SMILES string of the molecule is COc1ccc(Cl)cc1Nc1nncc(NCc2ccc3c(c2)OCO3)n1. The fraction of sp³-hybridized carbons (Fsp3) is 0.167. The van der Waals surface area contributed by atoms with Crippen molar-refractivity contribution in [1.29, 1.82) is 0 Å². The molecule has 2 aromatic carbocycles. The molecule has 3 aromatic rings. The largest absolute Gasteiger partial charge is 0.495 e. The van der Waals surface area contributed by atoms with E-state index in [0.717, 1.165) is 17.1 Å². The lowest BCUT2D eigenvalue weighted by molar-refractivity contribution is 0.174. The standard InChI is InChI=1S/C18H16ClN5O3/c1-25-14-5-3-12(19)7-13(14)22-18-23-17(9-21-24-18)20-8-11-2-4-15-16(6-11)27-10-26-15/h2-7,9H,8,10H2,1H3,(H2,20,22,23,24). The molecule has 9 heteroatoms. The average molecular weight is 386 g/mol. The van der Waals surface area contributed by atoms with E-state index in [1.165, 1.54) is 0 Å². The monoisotopic (exact) mass is 385 g/mol. The summed E-state index contributed by atoms with van der Waals surface area (Å²) in [6, 6.07) is 11.0. The molecule has 0 unspecified atom stereocenters. The van der Waals surface area contributed by atoms with Crippen molar-refractivity contribution in [2.75, 3.05) is 24.5 Å². The highest BCUT2D eigenvalue weighted by atomic mass is 35.5. The third kappa shape index (κ3) is 3.95. The Labute approximate surface area is 160 Å². The first-order valence-electron chi connectivity index (χ1n) is 8.14. The van der Waals surface area contributed by atoms with Crippen molar-refractivity contribution in [3.05, 3.63) is 53.2 Å². The van der Waals surface area contributed by atoms with Crippen molar-refractivity contribution in [1.82, 2.24) is 15.2 Å². The summed E-state index contributed by atoms with van der Waals surface area (Å²) >= 11 is 6.05. The van der Waals surface area contributed by atoms with Crippen molar-refractivity contribution in [3.8, 4) is 17.2 Å². The molecule has 1 aliphatic heterocycles. The molecule has 8 nitrogen and oxygen atoms in total. The fourth-order valence-electron chi connectivity index (χ4n) is 2.58. The minimum Gasteiger partial charge on any atom is -0.495 e. The molecule has 0 fully saturated rings. The molecule has 2 N–H and O–H groups in total. The lowest BCUT2D eigenvalue weighted by Gasteiger charge is -2.11. The van der Waals surface area contributed by atoms with Gasteiger partial charge in [0.25, 0.3) is 0 Å². The van der Waals surface area contributed by atoms with Gasteiger partial charge in [-0.05, 0) is 35.9 Å². The number of hydrogen-bond acceptors (Lipinski definition) is 8. The molecule has 0 bridgehead atoms. The van der Waals surface area contributed by atoms with Gasteiger partial charge in [0.1, 0.15) is 5.75 Å². The quantitative estimate of drug-likeness (QED) is 0.665.